The van der Waals surface area contributed by atoms with Gasteiger partial charge in [-0.15, -0.1) is 0 Å². The summed E-state index contributed by atoms with van der Waals surface area (Å²) in [5, 5.41) is 0. The third-order valence-corrected chi connectivity index (χ3v) is 3.84. The fourth-order valence-corrected chi connectivity index (χ4v) is 2.85. The molecule has 2 aromatic heterocycles. The van der Waals surface area contributed by atoms with Crippen LogP contribution in [0, 0.1) is 0 Å². The summed E-state index contributed by atoms with van der Waals surface area (Å²) in [5.41, 5.74) is 4.41. The van der Waals surface area contributed by atoms with E-state index in [9.17, 15) is 0 Å². The molecule has 0 radical (unpaired) electrons. The molecule has 1 aromatic carbocycles. The minimum Gasteiger partial charge on any atom is -0.490 e. The van der Waals surface area contributed by atoms with Gasteiger partial charge in [0, 0.05) is 25.2 Å². The molecule has 0 bridgehead atoms. The minimum absolute atomic E-state index is 0.268. The van der Waals surface area contributed by atoms with Gasteiger partial charge in [0.1, 0.15) is 17.7 Å². The monoisotopic (exact) mass is 265 g/mol. The summed E-state index contributed by atoms with van der Waals surface area (Å²) in [6.07, 6.45) is 4.86. The lowest BCUT2D eigenvalue weighted by Gasteiger charge is -2.05. The van der Waals surface area contributed by atoms with Gasteiger partial charge < -0.3 is 9.30 Å². The van der Waals surface area contributed by atoms with Gasteiger partial charge in [-0.2, -0.15) is 0 Å². The normalized spacial score (nSPS) is 17.2. The summed E-state index contributed by atoms with van der Waals surface area (Å²) in [6.45, 7) is 2.10. The van der Waals surface area contributed by atoms with Gasteiger partial charge in [0.15, 0.2) is 0 Å². The van der Waals surface area contributed by atoms with E-state index in [2.05, 4.69) is 28.6 Å². The molecular formula is C16H15N3O. The molecule has 0 N–H and O–H groups in total. The van der Waals surface area contributed by atoms with Gasteiger partial charge in [0.2, 0.25) is 0 Å². The van der Waals surface area contributed by atoms with Crippen molar-refractivity contribution in [2.45, 2.75) is 19.4 Å². The highest BCUT2D eigenvalue weighted by molar-refractivity contribution is 5.79. The molecule has 100 valence electrons. The third-order valence-electron chi connectivity index (χ3n) is 3.84. The number of pyridine rings is 1. The first-order valence-corrected chi connectivity index (χ1v) is 6.79. The second-order valence-electron chi connectivity index (χ2n) is 5.31. The van der Waals surface area contributed by atoms with E-state index in [1.165, 1.54) is 5.56 Å². The van der Waals surface area contributed by atoms with Gasteiger partial charge in [-0.1, -0.05) is 0 Å². The van der Waals surface area contributed by atoms with Crippen molar-refractivity contribution in [3.05, 3.63) is 42.2 Å². The van der Waals surface area contributed by atoms with Crippen molar-refractivity contribution in [2.24, 2.45) is 7.05 Å². The number of rotatable bonds is 1. The van der Waals surface area contributed by atoms with Crippen LogP contribution in [0.3, 0.4) is 0 Å². The standard InChI is InChI=1S/C16H15N3O/c1-10-7-12-8-11(3-4-15(12)20-10)16-18-13-5-6-17-9-14(13)19(16)2/h3-6,8-10H,7H2,1-2H3. The maximum atomic E-state index is 5.75. The SMILES string of the molecule is CC1Cc2cc(-c3nc4ccncc4n3C)ccc2O1. The van der Waals surface area contributed by atoms with Crippen LogP contribution < -0.4 is 4.74 Å². The van der Waals surface area contributed by atoms with Gasteiger partial charge in [0.25, 0.3) is 0 Å². The highest BCUT2D eigenvalue weighted by atomic mass is 16.5. The molecule has 1 aliphatic heterocycles. The molecule has 0 amide bonds. The van der Waals surface area contributed by atoms with Gasteiger partial charge in [-0.3, -0.25) is 4.98 Å². The van der Waals surface area contributed by atoms with Gasteiger partial charge in [0.05, 0.1) is 17.2 Å². The molecule has 0 aliphatic carbocycles. The van der Waals surface area contributed by atoms with Crippen molar-refractivity contribution >= 4 is 11.0 Å². The zero-order valence-corrected chi connectivity index (χ0v) is 11.5. The molecule has 0 saturated heterocycles. The molecule has 0 spiro atoms. The maximum absolute atomic E-state index is 5.75. The largest absolute Gasteiger partial charge is 0.490 e. The van der Waals surface area contributed by atoms with Crippen LogP contribution in [-0.2, 0) is 13.5 Å². The second-order valence-corrected chi connectivity index (χ2v) is 5.31. The fraction of sp³-hybridized carbons (Fsp3) is 0.250. The number of hydrogen-bond donors (Lipinski definition) is 0. The number of imidazole rings is 1. The molecule has 0 saturated carbocycles. The molecule has 1 aliphatic rings. The van der Waals surface area contributed by atoms with Crippen LogP contribution in [-0.4, -0.2) is 20.6 Å². The van der Waals surface area contributed by atoms with E-state index in [0.717, 1.165) is 34.6 Å². The first-order valence-electron chi connectivity index (χ1n) is 6.79. The summed E-state index contributed by atoms with van der Waals surface area (Å²) < 4.78 is 7.84. The predicted molar refractivity (Wildman–Crippen MR) is 77.7 cm³/mol. The molecular weight excluding hydrogens is 250 g/mol. The fourth-order valence-electron chi connectivity index (χ4n) is 2.85. The number of fused-ring (bicyclic) bond motifs is 2. The molecule has 4 nitrogen and oxygen atoms in total. The Labute approximate surface area is 117 Å². The summed E-state index contributed by atoms with van der Waals surface area (Å²) in [6, 6.07) is 8.25. The summed E-state index contributed by atoms with van der Waals surface area (Å²) in [4.78, 5) is 8.88. The van der Waals surface area contributed by atoms with Crippen LogP contribution in [0.25, 0.3) is 22.4 Å². The Hall–Kier alpha value is -2.36. The Bertz CT molecular complexity index is 807. The van der Waals surface area contributed by atoms with E-state index < -0.39 is 0 Å². The predicted octanol–water partition coefficient (Wildman–Crippen LogP) is 2.96. The quantitative estimate of drug-likeness (QED) is 0.679. The van der Waals surface area contributed by atoms with Crippen molar-refractivity contribution < 1.29 is 4.74 Å². The van der Waals surface area contributed by atoms with Crippen LogP contribution in [0.15, 0.2) is 36.7 Å². The van der Waals surface area contributed by atoms with Crippen LogP contribution in [0.2, 0.25) is 0 Å². The van der Waals surface area contributed by atoms with E-state index in [1.54, 1.807) is 6.20 Å². The Morgan fingerprint density at radius 2 is 2.20 bits per heavy atom. The van der Waals surface area contributed by atoms with E-state index in [0.29, 0.717) is 0 Å². The van der Waals surface area contributed by atoms with Crippen molar-refractivity contribution in [1.29, 1.82) is 0 Å². The average Bonchev–Trinajstić information content (AvgIpc) is 2.98. The van der Waals surface area contributed by atoms with E-state index in [4.69, 9.17) is 9.72 Å². The highest BCUT2D eigenvalue weighted by Crippen LogP contribution is 2.33. The first-order chi connectivity index (χ1) is 9.72. The molecule has 4 heteroatoms. The topological polar surface area (TPSA) is 39.9 Å². The highest BCUT2D eigenvalue weighted by Gasteiger charge is 2.20. The summed E-state index contributed by atoms with van der Waals surface area (Å²) >= 11 is 0. The lowest BCUT2D eigenvalue weighted by atomic mass is 10.1. The van der Waals surface area contributed by atoms with Crippen molar-refractivity contribution in [3.63, 3.8) is 0 Å². The van der Waals surface area contributed by atoms with E-state index in [1.807, 2.05) is 25.4 Å². The maximum Gasteiger partial charge on any atom is 0.140 e. The third kappa shape index (κ3) is 1.61. The lowest BCUT2D eigenvalue weighted by Crippen LogP contribution is -2.05. The number of hydrogen-bond acceptors (Lipinski definition) is 3. The van der Waals surface area contributed by atoms with Crippen LogP contribution in [0.1, 0.15) is 12.5 Å². The summed E-state index contributed by atoms with van der Waals surface area (Å²) in [7, 11) is 2.03. The lowest BCUT2D eigenvalue weighted by molar-refractivity contribution is 0.254. The Morgan fingerprint density at radius 1 is 1.30 bits per heavy atom. The molecule has 1 atom stereocenters. The average molecular weight is 265 g/mol. The number of ether oxygens (including phenoxy) is 1. The number of aryl methyl sites for hydroxylation is 1. The molecule has 0 fully saturated rings. The smallest absolute Gasteiger partial charge is 0.140 e. The second kappa shape index (κ2) is 4.07. The molecule has 20 heavy (non-hydrogen) atoms. The molecule has 3 aromatic rings. The number of nitrogens with zero attached hydrogens (tertiary/aromatic N) is 3. The Morgan fingerprint density at radius 3 is 3.05 bits per heavy atom. The summed E-state index contributed by atoms with van der Waals surface area (Å²) in [5.74, 6) is 1.97. The van der Waals surface area contributed by atoms with Crippen LogP contribution >= 0.6 is 0 Å². The molecule has 1 unspecified atom stereocenters. The minimum atomic E-state index is 0.268. The Balaban J connectivity index is 1.88. The van der Waals surface area contributed by atoms with Gasteiger partial charge >= 0.3 is 0 Å². The Kier molecular flexibility index (Phi) is 2.33. The van der Waals surface area contributed by atoms with E-state index in [-0.39, 0.29) is 6.10 Å². The van der Waals surface area contributed by atoms with Gasteiger partial charge in [-0.05, 0) is 36.8 Å². The van der Waals surface area contributed by atoms with Crippen molar-refractivity contribution in [3.8, 4) is 17.1 Å². The van der Waals surface area contributed by atoms with Crippen LogP contribution in [0.5, 0.6) is 5.75 Å². The first kappa shape index (κ1) is 11.5. The zero-order valence-electron chi connectivity index (χ0n) is 11.5. The number of aromatic nitrogens is 3. The number of benzene rings is 1. The van der Waals surface area contributed by atoms with Crippen molar-refractivity contribution in [1.82, 2.24) is 14.5 Å². The van der Waals surface area contributed by atoms with Crippen LogP contribution in [0.4, 0.5) is 0 Å². The van der Waals surface area contributed by atoms with Crippen molar-refractivity contribution in [2.75, 3.05) is 0 Å². The molecule has 3 heterocycles. The van der Waals surface area contributed by atoms with E-state index >= 15 is 0 Å². The van der Waals surface area contributed by atoms with Gasteiger partial charge in [-0.25, -0.2) is 4.98 Å². The zero-order chi connectivity index (χ0) is 13.7. The molecule has 4 rings (SSSR count).